The van der Waals surface area contributed by atoms with Crippen molar-refractivity contribution in [2.75, 3.05) is 157 Å². The summed E-state index contributed by atoms with van der Waals surface area (Å²) in [6, 6.07) is 48.5. The number of aliphatic hydroxyl groups excluding tert-OH is 4. The monoisotopic (exact) mass is 1370 g/mol. The smallest absolute Gasteiger partial charge is 0.119 e. The van der Waals surface area contributed by atoms with E-state index in [2.05, 4.69) is 105 Å². The van der Waals surface area contributed by atoms with Crippen molar-refractivity contribution in [1.82, 2.24) is 15.1 Å². The van der Waals surface area contributed by atoms with E-state index in [1.165, 1.54) is 11.1 Å². The molecule has 96 heavy (non-hydrogen) atoms. The third kappa shape index (κ3) is 26.1. The number of rotatable bonds is 30. The number of epoxide rings is 2. The summed E-state index contributed by atoms with van der Waals surface area (Å²) in [6.45, 7) is 28.2. The van der Waals surface area contributed by atoms with Crippen LogP contribution in [0.1, 0.15) is 82.3 Å². The lowest BCUT2D eigenvalue weighted by molar-refractivity contribution is 0.00452. The van der Waals surface area contributed by atoms with E-state index in [0.717, 1.165) is 137 Å². The average molecular weight is 1370 g/mol. The van der Waals surface area contributed by atoms with Crippen molar-refractivity contribution in [2.45, 2.75) is 102 Å². The topological polar surface area (TPSA) is 208 Å². The van der Waals surface area contributed by atoms with Crippen LogP contribution in [0, 0.1) is 0 Å². The van der Waals surface area contributed by atoms with Crippen LogP contribution in [-0.4, -0.2) is 223 Å². The third-order valence-corrected chi connectivity index (χ3v) is 18.0. The lowest BCUT2D eigenvalue weighted by Gasteiger charge is -2.28. The SMILES string of the molecule is C.C1COCCN1.CC(C)(c1ccc(OC[C@@H](O)CN2CCOCC2)cc1)c1ccc(OC[C@@H](O)CCl)cc1.CC(C)(c1ccc(OC[C@H](O)CCl)cc1)c1ccc(OC[C@H](O)CN2CCOCC2)cc1.CC(C)(c1ccc(OC[C@H]2CO2)cc1)c1ccc(OC[C@H]2CO2)cc1. The van der Waals surface area contributed by atoms with Crippen LogP contribution in [0.3, 0.4) is 0 Å². The largest absolute Gasteiger partial charge is 0.491 e. The molecule has 5 fully saturated rings. The van der Waals surface area contributed by atoms with Gasteiger partial charge < -0.3 is 77.8 Å². The molecule has 5 aliphatic rings. The molecule has 0 spiro atoms. The number of aliphatic hydroxyl groups is 4. The van der Waals surface area contributed by atoms with Crippen LogP contribution in [0.25, 0.3) is 0 Å². The maximum absolute atomic E-state index is 10.3. The van der Waals surface area contributed by atoms with Crippen LogP contribution in [0.4, 0.5) is 0 Å². The average Bonchev–Trinajstić information content (AvgIpc) is 1.56. The highest BCUT2D eigenvalue weighted by Crippen LogP contribution is 2.37. The summed E-state index contributed by atoms with van der Waals surface area (Å²) in [5.74, 6) is 4.97. The molecule has 5 saturated heterocycles. The van der Waals surface area contributed by atoms with Gasteiger partial charge in [-0.05, 0) is 106 Å². The molecule has 0 bridgehead atoms. The molecule has 0 aliphatic carbocycles. The van der Waals surface area contributed by atoms with E-state index < -0.39 is 24.4 Å². The molecule has 6 atom stereocenters. The second-order valence-corrected chi connectivity index (χ2v) is 26.5. The Morgan fingerprint density at radius 3 is 0.823 bits per heavy atom. The van der Waals surface area contributed by atoms with Gasteiger partial charge in [0.05, 0.1) is 64.6 Å². The van der Waals surface area contributed by atoms with Gasteiger partial charge in [-0.15, -0.1) is 23.2 Å². The zero-order chi connectivity index (χ0) is 67.5. The van der Waals surface area contributed by atoms with E-state index in [9.17, 15) is 20.4 Å². The van der Waals surface area contributed by atoms with Crippen molar-refractivity contribution >= 4 is 23.2 Å². The summed E-state index contributed by atoms with van der Waals surface area (Å²) in [5.41, 5.74) is 6.62. The first-order chi connectivity index (χ1) is 45.9. The van der Waals surface area contributed by atoms with Gasteiger partial charge in [0.1, 0.15) is 111 Å². The number of benzene rings is 6. The Morgan fingerprint density at radius 2 is 0.615 bits per heavy atom. The van der Waals surface area contributed by atoms with Crippen molar-refractivity contribution in [2.24, 2.45) is 0 Å². The minimum atomic E-state index is -0.672. The summed E-state index contributed by atoms with van der Waals surface area (Å²) in [5, 5.41) is 42.7. The Morgan fingerprint density at radius 1 is 0.385 bits per heavy atom. The molecule has 0 saturated carbocycles. The molecule has 0 unspecified atom stereocenters. The molecule has 0 radical (unpaired) electrons. The molecular weight excluding hydrogens is 1270 g/mol. The fourth-order valence-electron chi connectivity index (χ4n) is 10.7. The molecule has 0 aromatic heterocycles. The van der Waals surface area contributed by atoms with Gasteiger partial charge in [0.15, 0.2) is 0 Å². The van der Waals surface area contributed by atoms with Crippen LogP contribution in [-0.2, 0) is 39.9 Å². The first kappa shape index (κ1) is 77.6. The predicted molar refractivity (Wildman–Crippen MR) is 378 cm³/mol. The van der Waals surface area contributed by atoms with E-state index in [4.69, 9.17) is 75.3 Å². The normalized spacial score (nSPS) is 18.5. The summed E-state index contributed by atoms with van der Waals surface area (Å²) in [4.78, 5) is 4.39. The highest BCUT2D eigenvalue weighted by molar-refractivity contribution is 6.18. The summed E-state index contributed by atoms with van der Waals surface area (Å²) >= 11 is 11.2. The fourth-order valence-corrected chi connectivity index (χ4v) is 10.8. The molecule has 11 rings (SSSR count). The summed E-state index contributed by atoms with van der Waals surface area (Å²) < 4.78 is 60.2. The van der Waals surface area contributed by atoms with Crippen molar-refractivity contribution in [3.8, 4) is 34.5 Å². The first-order valence-corrected chi connectivity index (χ1v) is 34.3. The second-order valence-electron chi connectivity index (χ2n) is 25.9. The molecule has 528 valence electrons. The highest BCUT2D eigenvalue weighted by Gasteiger charge is 2.28. The molecule has 5 N–H and O–H groups in total. The van der Waals surface area contributed by atoms with Gasteiger partial charge in [-0.2, -0.15) is 0 Å². The number of alkyl halides is 2. The van der Waals surface area contributed by atoms with E-state index >= 15 is 0 Å². The summed E-state index contributed by atoms with van der Waals surface area (Å²) in [7, 11) is 0. The molecule has 5 heterocycles. The quantitative estimate of drug-likeness (QED) is 0.0210. The second kappa shape index (κ2) is 39.7. The molecular formula is C76H105Cl2N3O15. The van der Waals surface area contributed by atoms with Crippen molar-refractivity contribution in [3.63, 3.8) is 0 Å². The lowest BCUT2D eigenvalue weighted by atomic mass is 9.78. The fraction of sp³-hybridized carbons (Fsp3) is 0.526. The number of hydrogen-bond donors (Lipinski definition) is 5. The Labute approximate surface area is 579 Å². The Hall–Kier alpha value is -5.78. The molecule has 6 aromatic rings. The van der Waals surface area contributed by atoms with Crippen LogP contribution >= 0.6 is 23.2 Å². The zero-order valence-corrected chi connectivity index (χ0v) is 57.7. The van der Waals surface area contributed by atoms with E-state index in [1.807, 2.05) is 97.1 Å². The molecule has 5 aliphatic heterocycles. The summed E-state index contributed by atoms with van der Waals surface area (Å²) in [6.07, 6.45) is -1.85. The van der Waals surface area contributed by atoms with E-state index in [1.54, 1.807) is 0 Å². The number of β-amino-alcohol motifs (C(OH)–C–C–N with tert-alkyl or cyclic N) is 2. The van der Waals surface area contributed by atoms with Gasteiger partial charge in [-0.1, -0.05) is 122 Å². The first-order valence-electron chi connectivity index (χ1n) is 33.2. The molecule has 0 amide bonds. The molecule has 18 nitrogen and oxygen atoms in total. The maximum atomic E-state index is 10.3. The van der Waals surface area contributed by atoms with Gasteiger partial charge in [0.25, 0.3) is 0 Å². The van der Waals surface area contributed by atoms with Gasteiger partial charge in [-0.25, -0.2) is 0 Å². The van der Waals surface area contributed by atoms with Gasteiger partial charge in [0, 0.05) is 68.6 Å². The zero-order valence-electron chi connectivity index (χ0n) is 56.2. The number of hydrogen-bond acceptors (Lipinski definition) is 18. The molecule has 6 aromatic carbocycles. The van der Waals surface area contributed by atoms with Crippen molar-refractivity contribution < 1.29 is 72.5 Å². The number of nitrogens with zero attached hydrogens (tertiary/aromatic N) is 2. The Kier molecular flexibility index (Phi) is 32.1. The van der Waals surface area contributed by atoms with Crippen molar-refractivity contribution in [3.05, 3.63) is 179 Å². The minimum Gasteiger partial charge on any atom is -0.491 e. The molecule has 20 heteroatoms. The lowest BCUT2D eigenvalue weighted by Crippen LogP contribution is -2.42. The highest BCUT2D eigenvalue weighted by atomic mass is 35.5. The van der Waals surface area contributed by atoms with Gasteiger partial charge >= 0.3 is 0 Å². The number of nitrogens with one attached hydrogen (secondary N) is 1. The number of ether oxygens (including phenoxy) is 11. The van der Waals surface area contributed by atoms with Gasteiger partial charge in [-0.3, -0.25) is 9.80 Å². The van der Waals surface area contributed by atoms with Crippen LogP contribution in [0.5, 0.6) is 34.5 Å². The minimum absolute atomic E-state index is 0. The Bertz CT molecular complexity index is 2860. The van der Waals surface area contributed by atoms with Crippen molar-refractivity contribution in [1.29, 1.82) is 0 Å². The number of halogens is 2. The number of morpholine rings is 3. The third-order valence-electron chi connectivity index (χ3n) is 17.2. The van der Waals surface area contributed by atoms with E-state index in [0.29, 0.717) is 37.8 Å². The van der Waals surface area contributed by atoms with Crippen LogP contribution in [0.2, 0.25) is 0 Å². The van der Waals surface area contributed by atoms with Crippen LogP contribution < -0.4 is 33.7 Å². The van der Waals surface area contributed by atoms with E-state index in [-0.39, 0.29) is 74.1 Å². The van der Waals surface area contributed by atoms with Gasteiger partial charge in [0.2, 0.25) is 0 Å². The predicted octanol–water partition coefficient (Wildman–Crippen LogP) is 9.94. The Balaban J connectivity index is 0.000000194. The maximum Gasteiger partial charge on any atom is 0.119 e. The van der Waals surface area contributed by atoms with Crippen LogP contribution in [0.15, 0.2) is 146 Å². The standard InChI is InChI=1S/2C25H34ClNO5.C21H24O4.C4H9NO.CH4/c2*1-25(2,19-3-7-23(8-4-19)31-17-21(28)15-26)20-5-9-24(10-6-20)32-18-22(29)16-27-11-13-30-14-12-27;1-21(2,15-3-7-17(8-4-15)22-11-19-13-24-19)16-5-9-18(10-6-16)23-12-20-14-25-20;1-3-6-4-2-5-1;/h2*3-10,21-22,28-29H,11-18H2,1-2H3;3-10,19-20H,11-14H2,1-2H3;5H,1-4H2;1H4/t2*21-,22-;19-,20-;;/m100../s1.